The molecule has 92 valence electrons. The van der Waals surface area contributed by atoms with Crippen LogP contribution in [-0.2, 0) is 0 Å². The van der Waals surface area contributed by atoms with Gasteiger partial charge in [-0.1, -0.05) is 27.6 Å². The number of aliphatic hydroxyl groups excluding tert-OH is 1. The fourth-order valence-electron chi connectivity index (χ4n) is 1.66. The van der Waals surface area contributed by atoms with Gasteiger partial charge in [0.25, 0.3) is 0 Å². The Morgan fingerprint density at radius 2 is 2.06 bits per heavy atom. The monoisotopic (exact) mass is 298 g/mol. The first-order chi connectivity index (χ1) is 8.08. The average molecular weight is 299 g/mol. The largest absolute Gasteiger partial charge is 0.454 e. The first-order valence-corrected chi connectivity index (χ1v) is 6.27. The van der Waals surface area contributed by atoms with Gasteiger partial charge in [-0.3, -0.25) is 0 Å². The van der Waals surface area contributed by atoms with Gasteiger partial charge < -0.3 is 14.6 Å². The van der Waals surface area contributed by atoms with Crippen LogP contribution in [0, 0.1) is 0 Å². The van der Waals surface area contributed by atoms with Crippen molar-refractivity contribution in [2.75, 3.05) is 6.79 Å². The molecule has 0 bridgehead atoms. The van der Waals surface area contributed by atoms with Gasteiger partial charge in [0.15, 0.2) is 11.5 Å². The second-order valence-electron chi connectivity index (χ2n) is 4.26. The fraction of sp³-hybridized carbons (Fsp3) is 0.385. The second kappa shape index (κ2) is 5.10. The Hall–Kier alpha value is -1.00. The van der Waals surface area contributed by atoms with E-state index in [1.807, 2.05) is 32.1 Å². The van der Waals surface area contributed by atoms with Crippen molar-refractivity contribution in [2.45, 2.75) is 26.4 Å². The van der Waals surface area contributed by atoms with Crippen LogP contribution >= 0.6 is 15.9 Å². The molecule has 1 aliphatic rings. The Bertz CT molecular complexity index is 450. The zero-order valence-electron chi connectivity index (χ0n) is 9.87. The maximum atomic E-state index is 10.1. The number of hydrogen-bond donors (Lipinski definition) is 1. The molecule has 1 N–H and O–H groups in total. The molecule has 1 heterocycles. The van der Waals surface area contributed by atoms with E-state index < -0.39 is 6.10 Å². The SMILES string of the molecule is CC(C)=CC[C@@H](O)c1cc2c(cc1Br)OCO2. The van der Waals surface area contributed by atoms with Gasteiger partial charge in [0, 0.05) is 4.47 Å². The van der Waals surface area contributed by atoms with E-state index in [0.717, 1.165) is 15.8 Å². The standard InChI is InChI=1S/C13H15BrO3/c1-8(2)3-4-11(15)9-5-12-13(6-10(9)14)17-7-16-12/h3,5-6,11,15H,4,7H2,1-2H3/t11-/m1/s1. The summed E-state index contributed by atoms with van der Waals surface area (Å²) in [6.07, 6.45) is 2.08. The highest BCUT2D eigenvalue weighted by atomic mass is 79.9. The number of aliphatic hydroxyl groups is 1. The Labute approximate surface area is 109 Å². The summed E-state index contributed by atoms with van der Waals surface area (Å²) >= 11 is 3.44. The van der Waals surface area contributed by atoms with E-state index in [1.165, 1.54) is 5.57 Å². The summed E-state index contributed by atoms with van der Waals surface area (Å²) in [6.45, 7) is 4.28. The summed E-state index contributed by atoms with van der Waals surface area (Å²) in [5.74, 6) is 1.41. The quantitative estimate of drug-likeness (QED) is 0.867. The molecule has 17 heavy (non-hydrogen) atoms. The molecule has 0 amide bonds. The van der Waals surface area contributed by atoms with Crippen LogP contribution in [-0.4, -0.2) is 11.9 Å². The number of ether oxygens (including phenoxy) is 2. The van der Waals surface area contributed by atoms with E-state index in [4.69, 9.17) is 9.47 Å². The summed E-state index contributed by atoms with van der Waals surface area (Å²) < 4.78 is 11.4. The van der Waals surface area contributed by atoms with Crippen LogP contribution in [0.5, 0.6) is 11.5 Å². The molecule has 1 aromatic rings. The third kappa shape index (κ3) is 2.82. The number of rotatable bonds is 3. The van der Waals surface area contributed by atoms with Gasteiger partial charge in [-0.05, 0) is 38.0 Å². The minimum absolute atomic E-state index is 0.245. The van der Waals surface area contributed by atoms with Crippen molar-refractivity contribution in [1.29, 1.82) is 0 Å². The lowest BCUT2D eigenvalue weighted by Crippen LogP contribution is -1.97. The van der Waals surface area contributed by atoms with Gasteiger partial charge in [0.2, 0.25) is 6.79 Å². The fourth-order valence-corrected chi connectivity index (χ4v) is 2.25. The topological polar surface area (TPSA) is 38.7 Å². The van der Waals surface area contributed by atoms with Crippen molar-refractivity contribution in [2.24, 2.45) is 0 Å². The molecule has 0 saturated carbocycles. The average Bonchev–Trinajstić information content (AvgIpc) is 2.71. The zero-order chi connectivity index (χ0) is 12.4. The van der Waals surface area contributed by atoms with E-state index in [-0.39, 0.29) is 6.79 Å². The predicted octanol–water partition coefficient (Wildman–Crippen LogP) is 3.57. The summed E-state index contributed by atoms with van der Waals surface area (Å²) in [4.78, 5) is 0. The molecule has 2 rings (SSSR count). The molecule has 3 nitrogen and oxygen atoms in total. The van der Waals surface area contributed by atoms with Crippen LogP contribution < -0.4 is 9.47 Å². The van der Waals surface area contributed by atoms with Crippen LogP contribution in [0.25, 0.3) is 0 Å². The highest BCUT2D eigenvalue weighted by Gasteiger charge is 2.19. The van der Waals surface area contributed by atoms with E-state index in [9.17, 15) is 5.11 Å². The molecule has 0 radical (unpaired) electrons. The van der Waals surface area contributed by atoms with Crippen molar-refractivity contribution in [3.8, 4) is 11.5 Å². The predicted molar refractivity (Wildman–Crippen MR) is 69.3 cm³/mol. The van der Waals surface area contributed by atoms with E-state index in [2.05, 4.69) is 15.9 Å². The first-order valence-electron chi connectivity index (χ1n) is 5.48. The number of allylic oxidation sites excluding steroid dienone is 1. The molecule has 1 aliphatic heterocycles. The van der Waals surface area contributed by atoms with Crippen LogP contribution in [0.3, 0.4) is 0 Å². The highest BCUT2D eigenvalue weighted by Crippen LogP contribution is 2.39. The van der Waals surface area contributed by atoms with Gasteiger partial charge >= 0.3 is 0 Å². The van der Waals surface area contributed by atoms with Crippen molar-refractivity contribution in [3.63, 3.8) is 0 Å². The molecule has 0 aromatic heterocycles. The van der Waals surface area contributed by atoms with Gasteiger partial charge in [-0.25, -0.2) is 0 Å². The van der Waals surface area contributed by atoms with E-state index in [1.54, 1.807) is 0 Å². The Balaban J connectivity index is 2.23. The van der Waals surface area contributed by atoms with Crippen LogP contribution in [0.1, 0.15) is 31.9 Å². The molecule has 0 unspecified atom stereocenters. The first kappa shape index (κ1) is 12.5. The van der Waals surface area contributed by atoms with E-state index >= 15 is 0 Å². The number of hydrogen-bond acceptors (Lipinski definition) is 3. The molecule has 0 aliphatic carbocycles. The van der Waals surface area contributed by atoms with Crippen molar-refractivity contribution in [3.05, 3.63) is 33.8 Å². The number of benzene rings is 1. The van der Waals surface area contributed by atoms with Crippen LogP contribution in [0.4, 0.5) is 0 Å². The van der Waals surface area contributed by atoms with Gasteiger partial charge in [-0.15, -0.1) is 0 Å². The van der Waals surface area contributed by atoms with Crippen molar-refractivity contribution in [1.82, 2.24) is 0 Å². The molecule has 1 atom stereocenters. The molecule has 4 heteroatoms. The van der Waals surface area contributed by atoms with E-state index in [0.29, 0.717) is 12.2 Å². The Morgan fingerprint density at radius 3 is 2.71 bits per heavy atom. The lowest BCUT2D eigenvalue weighted by atomic mass is 10.0. The molecule has 0 spiro atoms. The number of halogens is 1. The summed E-state index contributed by atoms with van der Waals surface area (Å²) in [7, 11) is 0. The summed E-state index contributed by atoms with van der Waals surface area (Å²) in [5, 5.41) is 10.1. The summed E-state index contributed by atoms with van der Waals surface area (Å²) in [5.41, 5.74) is 2.02. The lowest BCUT2D eigenvalue weighted by molar-refractivity contribution is 0.172. The molecule has 1 aromatic carbocycles. The molecular formula is C13H15BrO3. The second-order valence-corrected chi connectivity index (χ2v) is 5.11. The summed E-state index contributed by atoms with van der Waals surface area (Å²) in [6, 6.07) is 3.67. The maximum Gasteiger partial charge on any atom is 0.231 e. The third-order valence-electron chi connectivity index (χ3n) is 2.60. The van der Waals surface area contributed by atoms with Gasteiger partial charge in [0.05, 0.1) is 6.10 Å². The highest BCUT2D eigenvalue weighted by molar-refractivity contribution is 9.10. The minimum atomic E-state index is -0.534. The maximum absolute atomic E-state index is 10.1. The van der Waals surface area contributed by atoms with Crippen molar-refractivity contribution < 1.29 is 14.6 Å². The normalized spacial score (nSPS) is 14.6. The van der Waals surface area contributed by atoms with Crippen LogP contribution in [0.15, 0.2) is 28.3 Å². The zero-order valence-corrected chi connectivity index (χ0v) is 11.5. The molecule has 0 saturated heterocycles. The Morgan fingerprint density at radius 1 is 1.41 bits per heavy atom. The van der Waals surface area contributed by atoms with Gasteiger partial charge in [-0.2, -0.15) is 0 Å². The number of fused-ring (bicyclic) bond motifs is 1. The van der Waals surface area contributed by atoms with Crippen molar-refractivity contribution >= 4 is 15.9 Å². The third-order valence-corrected chi connectivity index (χ3v) is 3.29. The molecular weight excluding hydrogens is 284 g/mol. The Kier molecular flexibility index (Phi) is 3.74. The van der Waals surface area contributed by atoms with Gasteiger partial charge in [0.1, 0.15) is 0 Å². The smallest absolute Gasteiger partial charge is 0.231 e. The minimum Gasteiger partial charge on any atom is -0.454 e. The molecule has 0 fully saturated rings. The lowest BCUT2D eigenvalue weighted by Gasteiger charge is -2.12. The van der Waals surface area contributed by atoms with Crippen LogP contribution in [0.2, 0.25) is 0 Å².